The highest BCUT2D eigenvalue weighted by molar-refractivity contribution is 5.75. The highest BCUT2D eigenvalue weighted by atomic mass is 16.5. The quantitative estimate of drug-likeness (QED) is 0.672. The number of nitrogens with one attached hydrogen (secondary N) is 1. The van der Waals surface area contributed by atoms with Crippen molar-refractivity contribution in [3.8, 4) is 5.75 Å². The van der Waals surface area contributed by atoms with Crippen LogP contribution in [0.15, 0.2) is 76.4 Å². The lowest BCUT2D eigenvalue weighted by atomic mass is 10.2. The fourth-order valence-corrected chi connectivity index (χ4v) is 2.85. The minimum absolute atomic E-state index is 0.239. The standard InChI is InChI=1S/C21H21N3O4/c1-28-18-10-6-5-9-17(18)13-22-19(25)15-24-20(26)11-12-23(21(24)27)14-16-7-3-2-4-8-16/h2-12H,13-15H2,1H3,(H,22,25). The molecule has 0 spiro atoms. The van der Waals surface area contributed by atoms with Crippen molar-refractivity contribution in [2.75, 3.05) is 7.11 Å². The third-order valence-corrected chi connectivity index (χ3v) is 4.31. The summed E-state index contributed by atoms with van der Waals surface area (Å²) in [6, 6.07) is 18.0. The minimum atomic E-state index is -0.524. The minimum Gasteiger partial charge on any atom is -0.496 e. The van der Waals surface area contributed by atoms with Gasteiger partial charge in [0.15, 0.2) is 0 Å². The van der Waals surface area contributed by atoms with E-state index in [1.54, 1.807) is 13.2 Å². The van der Waals surface area contributed by atoms with E-state index in [0.717, 1.165) is 15.7 Å². The third kappa shape index (κ3) is 4.56. The van der Waals surface area contributed by atoms with Gasteiger partial charge in [-0.2, -0.15) is 0 Å². The molecular formula is C21H21N3O4. The maximum atomic E-state index is 12.6. The van der Waals surface area contributed by atoms with E-state index >= 15 is 0 Å². The van der Waals surface area contributed by atoms with Crippen molar-refractivity contribution in [3.05, 3.63) is 98.8 Å². The lowest BCUT2D eigenvalue weighted by molar-refractivity contribution is -0.121. The Kier molecular flexibility index (Phi) is 6.06. The van der Waals surface area contributed by atoms with Gasteiger partial charge in [0, 0.05) is 24.4 Å². The zero-order valence-electron chi connectivity index (χ0n) is 15.5. The number of hydrogen-bond donors (Lipinski definition) is 1. The Bertz CT molecular complexity index is 1070. The topological polar surface area (TPSA) is 82.3 Å². The molecule has 28 heavy (non-hydrogen) atoms. The number of rotatable bonds is 7. The highest BCUT2D eigenvalue weighted by Gasteiger charge is 2.11. The van der Waals surface area contributed by atoms with Gasteiger partial charge in [0.2, 0.25) is 5.91 Å². The first kappa shape index (κ1) is 19.2. The number of nitrogens with zero attached hydrogens (tertiary/aromatic N) is 2. The molecule has 0 unspecified atom stereocenters. The zero-order chi connectivity index (χ0) is 19.9. The highest BCUT2D eigenvalue weighted by Crippen LogP contribution is 2.16. The number of ether oxygens (including phenoxy) is 1. The SMILES string of the molecule is COc1ccccc1CNC(=O)Cn1c(=O)ccn(Cc2ccccc2)c1=O. The van der Waals surface area contributed by atoms with Crippen LogP contribution in [-0.4, -0.2) is 22.2 Å². The summed E-state index contributed by atoms with van der Waals surface area (Å²) in [4.78, 5) is 37.0. The number of hydrogen-bond acceptors (Lipinski definition) is 4. The van der Waals surface area contributed by atoms with E-state index in [1.165, 1.54) is 16.8 Å². The van der Waals surface area contributed by atoms with Gasteiger partial charge in [0.25, 0.3) is 5.56 Å². The summed E-state index contributed by atoms with van der Waals surface area (Å²) >= 11 is 0. The molecule has 7 nitrogen and oxygen atoms in total. The molecule has 3 rings (SSSR count). The van der Waals surface area contributed by atoms with Gasteiger partial charge in [-0.05, 0) is 11.6 Å². The Balaban J connectivity index is 1.72. The van der Waals surface area contributed by atoms with Crippen molar-refractivity contribution >= 4 is 5.91 Å². The molecule has 0 fully saturated rings. The number of methoxy groups -OCH3 is 1. The fraction of sp³-hybridized carbons (Fsp3) is 0.190. The number of para-hydroxylation sites is 1. The van der Waals surface area contributed by atoms with Crippen LogP contribution in [-0.2, 0) is 24.4 Å². The summed E-state index contributed by atoms with van der Waals surface area (Å²) < 4.78 is 7.58. The summed E-state index contributed by atoms with van der Waals surface area (Å²) in [5.74, 6) is 0.229. The largest absolute Gasteiger partial charge is 0.496 e. The van der Waals surface area contributed by atoms with Crippen molar-refractivity contribution in [1.82, 2.24) is 14.5 Å². The average molecular weight is 379 g/mol. The molecule has 0 bridgehead atoms. The van der Waals surface area contributed by atoms with Crippen molar-refractivity contribution in [1.29, 1.82) is 0 Å². The van der Waals surface area contributed by atoms with E-state index in [1.807, 2.05) is 48.5 Å². The van der Waals surface area contributed by atoms with Crippen LogP contribution in [0.1, 0.15) is 11.1 Å². The normalized spacial score (nSPS) is 10.5. The third-order valence-electron chi connectivity index (χ3n) is 4.31. The number of carbonyl (C=O) groups is 1. The van der Waals surface area contributed by atoms with Crippen LogP contribution in [0.25, 0.3) is 0 Å². The summed E-state index contributed by atoms with van der Waals surface area (Å²) in [6.45, 7) is 0.216. The molecule has 3 aromatic rings. The van der Waals surface area contributed by atoms with E-state index in [0.29, 0.717) is 12.3 Å². The molecule has 1 aromatic heterocycles. The maximum Gasteiger partial charge on any atom is 0.331 e. The van der Waals surface area contributed by atoms with E-state index in [4.69, 9.17) is 4.74 Å². The molecule has 0 aliphatic rings. The van der Waals surface area contributed by atoms with Gasteiger partial charge in [-0.25, -0.2) is 4.79 Å². The molecule has 2 aromatic carbocycles. The average Bonchev–Trinajstić information content (AvgIpc) is 2.72. The van der Waals surface area contributed by atoms with Gasteiger partial charge >= 0.3 is 5.69 Å². The monoisotopic (exact) mass is 379 g/mol. The van der Waals surface area contributed by atoms with Gasteiger partial charge in [0.05, 0.1) is 13.7 Å². The maximum absolute atomic E-state index is 12.6. The molecule has 144 valence electrons. The van der Waals surface area contributed by atoms with Gasteiger partial charge in [-0.1, -0.05) is 48.5 Å². The van der Waals surface area contributed by atoms with Crippen LogP contribution in [0.3, 0.4) is 0 Å². The zero-order valence-corrected chi connectivity index (χ0v) is 15.5. The van der Waals surface area contributed by atoms with Crippen LogP contribution >= 0.6 is 0 Å². The number of aromatic nitrogens is 2. The number of carbonyl (C=O) groups excluding carboxylic acids is 1. The molecule has 1 heterocycles. The smallest absolute Gasteiger partial charge is 0.331 e. The van der Waals surface area contributed by atoms with Crippen molar-refractivity contribution in [2.24, 2.45) is 0 Å². The van der Waals surface area contributed by atoms with Gasteiger partial charge in [-0.15, -0.1) is 0 Å². The van der Waals surface area contributed by atoms with Crippen molar-refractivity contribution in [2.45, 2.75) is 19.6 Å². The Morgan fingerprint density at radius 1 is 1.00 bits per heavy atom. The molecule has 1 amide bonds. The summed E-state index contributed by atoms with van der Waals surface area (Å²) in [6.07, 6.45) is 1.45. The second-order valence-electron chi connectivity index (χ2n) is 6.22. The lowest BCUT2D eigenvalue weighted by Gasteiger charge is -2.11. The van der Waals surface area contributed by atoms with Gasteiger partial charge in [0.1, 0.15) is 12.3 Å². The molecule has 0 aliphatic carbocycles. The Hall–Kier alpha value is -3.61. The van der Waals surface area contributed by atoms with Crippen LogP contribution < -0.4 is 21.3 Å². The summed E-state index contributed by atoms with van der Waals surface area (Å²) in [5, 5.41) is 2.72. The van der Waals surface area contributed by atoms with Crippen LogP contribution in [0.5, 0.6) is 5.75 Å². The summed E-state index contributed by atoms with van der Waals surface area (Å²) in [5.41, 5.74) is 0.696. The van der Waals surface area contributed by atoms with E-state index in [2.05, 4.69) is 5.32 Å². The number of benzene rings is 2. The van der Waals surface area contributed by atoms with Crippen LogP contribution in [0.4, 0.5) is 0 Å². The number of amides is 1. The molecule has 0 saturated heterocycles. The second kappa shape index (κ2) is 8.85. The van der Waals surface area contributed by atoms with Gasteiger partial charge in [-0.3, -0.25) is 18.7 Å². The van der Waals surface area contributed by atoms with Crippen molar-refractivity contribution < 1.29 is 9.53 Å². The van der Waals surface area contributed by atoms with E-state index in [9.17, 15) is 14.4 Å². The van der Waals surface area contributed by atoms with Crippen molar-refractivity contribution in [3.63, 3.8) is 0 Å². The molecule has 0 atom stereocenters. The second-order valence-corrected chi connectivity index (χ2v) is 6.22. The molecule has 7 heteroatoms. The van der Waals surface area contributed by atoms with Crippen LogP contribution in [0, 0.1) is 0 Å². The first-order valence-corrected chi connectivity index (χ1v) is 8.81. The van der Waals surface area contributed by atoms with Gasteiger partial charge < -0.3 is 10.1 Å². The fourth-order valence-electron chi connectivity index (χ4n) is 2.85. The first-order valence-electron chi connectivity index (χ1n) is 8.81. The Morgan fingerprint density at radius 3 is 2.46 bits per heavy atom. The predicted molar refractivity (Wildman–Crippen MR) is 105 cm³/mol. The lowest BCUT2D eigenvalue weighted by Crippen LogP contribution is -2.43. The van der Waals surface area contributed by atoms with Crippen LogP contribution in [0.2, 0.25) is 0 Å². The Labute approximate surface area is 161 Å². The predicted octanol–water partition coefficient (Wildman–Crippen LogP) is 1.38. The van der Waals surface area contributed by atoms with E-state index < -0.39 is 17.2 Å². The molecule has 0 radical (unpaired) electrons. The molecule has 1 N–H and O–H groups in total. The molecular weight excluding hydrogens is 358 g/mol. The van der Waals surface area contributed by atoms with E-state index in [-0.39, 0.29) is 13.1 Å². The molecule has 0 saturated carbocycles. The Morgan fingerprint density at radius 2 is 1.71 bits per heavy atom. The molecule has 0 aliphatic heterocycles. The summed E-state index contributed by atoms with van der Waals surface area (Å²) in [7, 11) is 1.55. The first-order chi connectivity index (χ1) is 13.6.